The Morgan fingerprint density at radius 2 is 2.31 bits per heavy atom. The minimum atomic E-state index is 0.414. The Labute approximate surface area is 98.6 Å². The number of hydrogen-bond acceptors (Lipinski definition) is 1. The van der Waals surface area contributed by atoms with E-state index in [1.807, 2.05) is 13.1 Å². The highest BCUT2D eigenvalue weighted by atomic mass is 14.9. The lowest BCUT2D eigenvalue weighted by atomic mass is 9.79. The van der Waals surface area contributed by atoms with Gasteiger partial charge in [-0.25, -0.2) is 0 Å². The lowest BCUT2D eigenvalue weighted by Gasteiger charge is -2.27. The van der Waals surface area contributed by atoms with Crippen LogP contribution in [0.3, 0.4) is 0 Å². The van der Waals surface area contributed by atoms with Crippen LogP contribution in [0.25, 0.3) is 0 Å². The molecule has 0 bridgehead atoms. The molecule has 16 heavy (non-hydrogen) atoms. The van der Waals surface area contributed by atoms with Crippen LogP contribution in [0.15, 0.2) is 36.9 Å². The Kier molecular flexibility index (Phi) is 3.79. The quantitative estimate of drug-likeness (QED) is 0.737. The molecule has 0 heterocycles. The Balaban J connectivity index is 2.16. The van der Waals surface area contributed by atoms with Gasteiger partial charge in [-0.05, 0) is 43.4 Å². The van der Waals surface area contributed by atoms with E-state index in [1.165, 1.54) is 30.4 Å². The third-order valence-corrected chi connectivity index (χ3v) is 3.64. The molecule has 1 saturated carbocycles. The van der Waals surface area contributed by atoms with Gasteiger partial charge in [0.2, 0.25) is 0 Å². The molecule has 1 atom stereocenters. The van der Waals surface area contributed by atoms with E-state index < -0.39 is 0 Å². The lowest BCUT2D eigenvalue weighted by Crippen LogP contribution is -2.16. The molecule has 1 heteroatoms. The summed E-state index contributed by atoms with van der Waals surface area (Å²) in [6.45, 7) is 3.82. The summed E-state index contributed by atoms with van der Waals surface area (Å²) in [5, 5.41) is 3.35. The highest BCUT2D eigenvalue weighted by Crippen LogP contribution is 2.37. The largest absolute Gasteiger partial charge is 0.313 e. The molecule has 1 aromatic rings. The molecule has 0 amide bonds. The van der Waals surface area contributed by atoms with E-state index in [-0.39, 0.29) is 0 Å². The van der Waals surface area contributed by atoms with E-state index >= 15 is 0 Å². The highest BCUT2D eigenvalue weighted by Gasteiger charge is 2.20. The maximum Gasteiger partial charge on any atom is 0.0352 e. The zero-order valence-corrected chi connectivity index (χ0v) is 10.1. The molecule has 0 aromatic heterocycles. The van der Waals surface area contributed by atoms with Crippen LogP contribution in [-0.4, -0.2) is 7.05 Å². The maximum absolute atomic E-state index is 3.82. The fourth-order valence-corrected chi connectivity index (χ4v) is 2.36. The molecule has 0 radical (unpaired) electrons. The molecule has 1 N–H and O–H groups in total. The van der Waals surface area contributed by atoms with Crippen LogP contribution in [0.5, 0.6) is 0 Å². The first kappa shape index (κ1) is 11.4. The van der Waals surface area contributed by atoms with Crippen LogP contribution >= 0.6 is 0 Å². The topological polar surface area (TPSA) is 12.0 Å². The molecule has 1 aliphatic rings. The molecule has 1 aliphatic carbocycles. The molecule has 1 unspecified atom stereocenters. The van der Waals surface area contributed by atoms with E-state index in [0.29, 0.717) is 6.04 Å². The average Bonchev–Trinajstić information content (AvgIpc) is 2.24. The summed E-state index contributed by atoms with van der Waals surface area (Å²) in [6.07, 6.45) is 7.11. The van der Waals surface area contributed by atoms with Crippen molar-refractivity contribution < 1.29 is 0 Å². The van der Waals surface area contributed by atoms with Crippen LogP contribution in [0, 0.1) is 0 Å². The van der Waals surface area contributed by atoms with Crippen LogP contribution in [0.2, 0.25) is 0 Å². The minimum absolute atomic E-state index is 0.414. The van der Waals surface area contributed by atoms with Gasteiger partial charge in [0, 0.05) is 6.04 Å². The van der Waals surface area contributed by atoms with Crippen LogP contribution in [-0.2, 0) is 0 Å². The Bertz CT molecular complexity index is 352. The van der Waals surface area contributed by atoms with E-state index in [1.54, 1.807) is 0 Å². The van der Waals surface area contributed by atoms with Crippen molar-refractivity contribution >= 4 is 0 Å². The number of nitrogens with one attached hydrogen (secondary N) is 1. The molecule has 1 nitrogen and oxygen atoms in total. The summed E-state index contributed by atoms with van der Waals surface area (Å²) < 4.78 is 0. The first-order valence-electron chi connectivity index (χ1n) is 6.23. The third kappa shape index (κ3) is 2.35. The van der Waals surface area contributed by atoms with Gasteiger partial charge >= 0.3 is 0 Å². The summed E-state index contributed by atoms with van der Waals surface area (Å²) in [5.41, 5.74) is 2.92. The number of benzene rings is 1. The summed E-state index contributed by atoms with van der Waals surface area (Å²) >= 11 is 0. The number of rotatable bonds is 5. The molecule has 2 rings (SSSR count). The number of hydrogen-bond donors (Lipinski definition) is 1. The van der Waals surface area contributed by atoms with Crippen LogP contribution in [0.1, 0.15) is 48.8 Å². The van der Waals surface area contributed by atoms with Crippen molar-refractivity contribution in [1.29, 1.82) is 0 Å². The monoisotopic (exact) mass is 215 g/mol. The van der Waals surface area contributed by atoms with Crippen molar-refractivity contribution in [2.24, 2.45) is 0 Å². The lowest BCUT2D eigenvalue weighted by molar-refractivity contribution is 0.419. The molecule has 0 spiro atoms. The van der Waals surface area contributed by atoms with Crippen LogP contribution < -0.4 is 5.32 Å². The smallest absolute Gasteiger partial charge is 0.0352 e. The Morgan fingerprint density at radius 1 is 1.50 bits per heavy atom. The SMILES string of the molecule is C=CCC(NC)c1cccc(C2CCC2)c1. The van der Waals surface area contributed by atoms with Gasteiger partial charge < -0.3 is 5.32 Å². The zero-order valence-electron chi connectivity index (χ0n) is 10.1. The second kappa shape index (κ2) is 5.31. The molecular weight excluding hydrogens is 194 g/mol. The molecule has 0 saturated heterocycles. The van der Waals surface area contributed by atoms with Crippen molar-refractivity contribution in [3.05, 3.63) is 48.0 Å². The molecule has 86 valence electrons. The second-order valence-electron chi connectivity index (χ2n) is 4.66. The van der Waals surface area contributed by atoms with E-state index in [0.717, 1.165) is 12.3 Å². The van der Waals surface area contributed by atoms with Gasteiger partial charge in [-0.1, -0.05) is 36.8 Å². The summed E-state index contributed by atoms with van der Waals surface area (Å²) in [7, 11) is 2.02. The standard InChI is InChI=1S/C15H21N/c1-3-6-15(16-2)14-10-5-9-13(11-14)12-7-4-8-12/h3,5,9-12,15-16H,1,4,6-8H2,2H3. The van der Waals surface area contributed by atoms with E-state index in [9.17, 15) is 0 Å². The predicted molar refractivity (Wildman–Crippen MR) is 69.6 cm³/mol. The fraction of sp³-hybridized carbons (Fsp3) is 0.467. The summed E-state index contributed by atoms with van der Waals surface area (Å²) in [6, 6.07) is 9.46. The van der Waals surface area contributed by atoms with E-state index in [2.05, 4.69) is 36.2 Å². The second-order valence-corrected chi connectivity index (χ2v) is 4.66. The fourth-order valence-electron chi connectivity index (χ4n) is 2.36. The Hall–Kier alpha value is -1.08. The van der Waals surface area contributed by atoms with Gasteiger partial charge in [-0.15, -0.1) is 6.58 Å². The molecular formula is C15H21N. The normalized spacial score (nSPS) is 17.8. The van der Waals surface area contributed by atoms with Gasteiger partial charge in [0.05, 0.1) is 0 Å². The van der Waals surface area contributed by atoms with Gasteiger partial charge in [0.1, 0.15) is 0 Å². The first-order valence-corrected chi connectivity index (χ1v) is 6.23. The summed E-state index contributed by atoms with van der Waals surface area (Å²) in [4.78, 5) is 0. The van der Waals surface area contributed by atoms with Gasteiger partial charge in [-0.2, -0.15) is 0 Å². The Morgan fingerprint density at radius 3 is 2.88 bits per heavy atom. The highest BCUT2D eigenvalue weighted by molar-refractivity contribution is 5.30. The van der Waals surface area contributed by atoms with Crippen molar-refractivity contribution in [3.8, 4) is 0 Å². The van der Waals surface area contributed by atoms with Crippen molar-refractivity contribution in [2.75, 3.05) is 7.05 Å². The van der Waals surface area contributed by atoms with Gasteiger partial charge in [0.25, 0.3) is 0 Å². The maximum atomic E-state index is 3.82. The van der Waals surface area contributed by atoms with Crippen LogP contribution in [0.4, 0.5) is 0 Å². The predicted octanol–water partition coefficient (Wildman–Crippen LogP) is 3.79. The molecule has 1 aromatic carbocycles. The zero-order chi connectivity index (χ0) is 11.4. The summed E-state index contributed by atoms with van der Waals surface area (Å²) in [5.74, 6) is 0.821. The van der Waals surface area contributed by atoms with E-state index in [4.69, 9.17) is 0 Å². The first-order chi connectivity index (χ1) is 7.85. The third-order valence-electron chi connectivity index (χ3n) is 3.64. The average molecular weight is 215 g/mol. The van der Waals surface area contributed by atoms with Gasteiger partial charge in [-0.3, -0.25) is 0 Å². The van der Waals surface area contributed by atoms with Gasteiger partial charge in [0.15, 0.2) is 0 Å². The van der Waals surface area contributed by atoms with Crippen molar-refractivity contribution in [2.45, 2.75) is 37.6 Å². The van der Waals surface area contributed by atoms with Crippen molar-refractivity contribution in [1.82, 2.24) is 5.32 Å². The molecule has 1 fully saturated rings. The molecule has 0 aliphatic heterocycles. The minimum Gasteiger partial charge on any atom is -0.313 e. The van der Waals surface area contributed by atoms with Crippen molar-refractivity contribution in [3.63, 3.8) is 0 Å².